The molecule has 168 valence electrons. The average Bonchev–Trinajstić information content (AvgIpc) is 3.19. The molecule has 2 fully saturated rings. The van der Waals surface area contributed by atoms with Gasteiger partial charge in [-0.1, -0.05) is 19.9 Å². The molecule has 7 heteroatoms. The molecule has 2 unspecified atom stereocenters. The molecule has 0 amide bonds. The van der Waals surface area contributed by atoms with E-state index in [1.54, 1.807) is 0 Å². The summed E-state index contributed by atoms with van der Waals surface area (Å²) < 4.78 is 16.9. The van der Waals surface area contributed by atoms with Gasteiger partial charge < -0.3 is 24.4 Å². The van der Waals surface area contributed by atoms with Crippen molar-refractivity contribution in [3.8, 4) is 11.5 Å². The molecule has 3 aliphatic rings. The summed E-state index contributed by atoms with van der Waals surface area (Å²) in [7, 11) is 0. The number of ether oxygens (including phenoxy) is 3. The molecule has 3 heterocycles. The van der Waals surface area contributed by atoms with Crippen LogP contribution in [0.1, 0.15) is 45.6 Å². The lowest BCUT2D eigenvalue weighted by Gasteiger charge is -2.39. The van der Waals surface area contributed by atoms with Crippen LogP contribution in [0.2, 0.25) is 0 Å². The molecule has 0 spiro atoms. The summed E-state index contributed by atoms with van der Waals surface area (Å²) in [6.45, 7) is 12.5. The Hall–Kier alpha value is -1.22. The second-order valence-corrected chi connectivity index (χ2v) is 8.98. The minimum absolute atomic E-state index is 0. The third-order valence-corrected chi connectivity index (χ3v) is 6.47. The average molecular weight is 529 g/mol. The van der Waals surface area contributed by atoms with Gasteiger partial charge in [0, 0.05) is 38.3 Å². The van der Waals surface area contributed by atoms with Crippen molar-refractivity contribution in [1.82, 2.24) is 10.2 Å². The zero-order valence-corrected chi connectivity index (χ0v) is 20.8. The summed E-state index contributed by atoms with van der Waals surface area (Å²) in [4.78, 5) is 7.63. The van der Waals surface area contributed by atoms with E-state index in [0.717, 1.165) is 69.7 Å². The second kappa shape index (κ2) is 10.4. The number of hydrogen-bond donors (Lipinski definition) is 1. The van der Waals surface area contributed by atoms with Gasteiger partial charge in [0.05, 0.1) is 6.54 Å². The standard InChI is InChI=1S/C23H35N3O3.HI/c1-4-24-22(26-13-17(2)11-18(3)14-26)25-15-23(7-9-27-10-8-23)19-5-6-20-21(12-19)29-16-28-20;/h5-6,12,17-18H,4,7-11,13-16H2,1-3H3,(H,24,25);1H. The first-order valence-electron chi connectivity index (χ1n) is 11.1. The molecule has 0 bridgehead atoms. The molecule has 0 radical (unpaired) electrons. The lowest BCUT2D eigenvalue weighted by molar-refractivity contribution is 0.0529. The molecular weight excluding hydrogens is 493 g/mol. The number of nitrogens with one attached hydrogen (secondary N) is 1. The number of aliphatic imine (C=N–C) groups is 1. The van der Waals surface area contributed by atoms with Gasteiger partial charge in [0.15, 0.2) is 17.5 Å². The number of piperidine rings is 1. The van der Waals surface area contributed by atoms with Gasteiger partial charge in [-0.25, -0.2) is 0 Å². The van der Waals surface area contributed by atoms with E-state index in [4.69, 9.17) is 19.2 Å². The summed E-state index contributed by atoms with van der Waals surface area (Å²) in [5, 5.41) is 3.54. The number of hydrogen-bond acceptors (Lipinski definition) is 4. The first kappa shape index (κ1) is 23.4. The van der Waals surface area contributed by atoms with Gasteiger partial charge in [0.1, 0.15) is 0 Å². The van der Waals surface area contributed by atoms with Gasteiger partial charge >= 0.3 is 0 Å². The molecule has 0 aromatic heterocycles. The number of benzene rings is 1. The highest BCUT2D eigenvalue weighted by molar-refractivity contribution is 14.0. The molecule has 0 saturated carbocycles. The van der Waals surface area contributed by atoms with E-state index < -0.39 is 0 Å². The topological polar surface area (TPSA) is 55.3 Å². The Labute approximate surface area is 197 Å². The van der Waals surface area contributed by atoms with Crippen molar-refractivity contribution in [2.24, 2.45) is 16.8 Å². The Balaban J connectivity index is 0.00000256. The van der Waals surface area contributed by atoms with Crippen LogP contribution in [0.5, 0.6) is 11.5 Å². The summed E-state index contributed by atoms with van der Waals surface area (Å²) in [5.41, 5.74) is 1.26. The molecule has 2 saturated heterocycles. The predicted octanol–water partition coefficient (Wildman–Crippen LogP) is 4.02. The number of nitrogens with zero attached hydrogens (tertiary/aromatic N) is 2. The largest absolute Gasteiger partial charge is 0.454 e. The Morgan fingerprint density at radius 1 is 1.13 bits per heavy atom. The second-order valence-electron chi connectivity index (χ2n) is 8.98. The molecule has 4 rings (SSSR count). The molecule has 2 atom stereocenters. The van der Waals surface area contributed by atoms with Crippen molar-refractivity contribution in [2.45, 2.75) is 45.4 Å². The highest BCUT2D eigenvalue weighted by Crippen LogP contribution is 2.41. The van der Waals surface area contributed by atoms with Crippen LogP contribution in [-0.4, -0.2) is 57.0 Å². The van der Waals surface area contributed by atoms with Crippen LogP contribution in [0.15, 0.2) is 23.2 Å². The molecule has 1 aromatic rings. The Morgan fingerprint density at radius 3 is 2.53 bits per heavy atom. The van der Waals surface area contributed by atoms with Crippen LogP contribution in [0.4, 0.5) is 0 Å². The van der Waals surface area contributed by atoms with Crippen molar-refractivity contribution in [2.75, 3.05) is 46.2 Å². The van der Waals surface area contributed by atoms with Gasteiger partial charge in [0.2, 0.25) is 6.79 Å². The summed E-state index contributed by atoms with van der Waals surface area (Å²) in [6.07, 6.45) is 3.25. The maximum atomic E-state index is 5.71. The molecule has 3 aliphatic heterocycles. The molecule has 6 nitrogen and oxygen atoms in total. The molecule has 1 N–H and O–H groups in total. The van der Waals surface area contributed by atoms with Crippen LogP contribution in [0.3, 0.4) is 0 Å². The summed E-state index contributed by atoms with van der Waals surface area (Å²) >= 11 is 0. The molecular formula is C23H36IN3O3. The van der Waals surface area contributed by atoms with E-state index in [-0.39, 0.29) is 29.4 Å². The first-order valence-corrected chi connectivity index (χ1v) is 11.1. The minimum Gasteiger partial charge on any atom is -0.454 e. The van der Waals surface area contributed by atoms with Gasteiger partial charge in [0.25, 0.3) is 0 Å². The fourth-order valence-electron chi connectivity index (χ4n) is 5.01. The first-order chi connectivity index (χ1) is 14.1. The summed E-state index contributed by atoms with van der Waals surface area (Å²) in [6, 6.07) is 6.38. The highest BCUT2D eigenvalue weighted by Gasteiger charge is 2.36. The maximum Gasteiger partial charge on any atom is 0.231 e. The fraction of sp³-hybridized carbons (Fsp3) is 0.696. The zero-order chi connectivity index (χ0) is 20.3. The van der Waals surface area contributed by atoms with E-state index >= 15 is 0 Å². The van der Waals surface area contributed by atoms with Crippen molar-refractivity contribution in [1.29, 1.82) is 0 Å². The van der Waals surface area contributed by atoms with Gasteiger partial charge in [-0.3, -0.25) is 4.99 Å². The van der Waals surface area contributed by atoms with Crippen LogP contribution in [-0.2, 0) is 10.2 Å². The molecule has 30 heavy (non-hydrogen) atoms. The smallest absolute Gasteiger partial charge is 0.231 e. The van der Waals surface area contributed by atoms with E-state index in [2.05, 4.69) is 43.1 Å². The molecule has 1 aromatic carbocycles. The number of fused-ring (bicyclic) bond motifs is 1. The highest BCUT2D eigenvalue weighted by atomic mass is 127. The van der Waals surface area contributed by atoms with E-state index in [1.165, 1.54) is 12.0 Å². The fourth-order valence-corrected chi connectivity index (χ4v) is 5.01. The third-order valence-electron chi connectivity index (χ3n) is 6.47. The lowest BCUT2D eigenvalue weighted by Crippen LogP contribution is -2.49. The van der Waals surface area contributed by atoms with Crippen molar-refractivity contribution < 1.29 is 14.2 Å². The zero-order valence-electron chi connectivity index (χ0n) is 18.5. The van der Waals surface area contributed by atoms with Gasteiger partial charge in [-0.15, -0.1) is 24.0 Å². The number of guanidine groups is 1. The van der Waals surface area contributed by atoms with Crippen molar-refractivity contribution in [3.63, 3.8) is 0 Å². The predicted molar refractivity (Wildman–Crippen MR) is 130 cm³/mol. The van der Waals surface area contributed by atoms with Crippen molar-refractivity contribution >= 4 is 29.9 Å². The van der Waals surface area contributed by atoms with Crippen LogP contribution >= 0.6 is 24.0 Å². The number of rotatable bonds is 4. The lowest BCUT2D eigenvalue weighted by atomic mass is 9.74. The summed E-state index contributed by atoms with van der Waals surface area (Å²) in [5.74, 6) is 4.14. The monoisotopic (exact) mass is 529 g/mol. The van der Waals surface area contributed by atoms with E-state index in [9.17, 15) is 0 Å². The maximum absolute atomic E-state index is 5.71. The number of halogens is 1. The van der Waals surface area contributed by atoms with E-state index in [0.29, 0.717) is 18.6 Å². The van der Waals surface area contributed by atoms with Crippen LogP contribution in [0.25, 0.3) is 0 Å². The minimum atomic E-state index is -0.0209. The van der Waals surface area contributed by atoms with Crippen molar-refractivity contribution in [3.05, 3.63) is 23.8 Å². The molecule has 0 aliphatic carbocycles. The van der Waals surface area contributed by atoms with Crippen LogP contribution in [0, 0.1) is 11.8 Å². The Bertz CT molecular complexity index is 726. The Kier molecular flexibility index (Phi) is 8.12. The Morgan fingerprint density at radius 2 is 1.83 bits per heavy atom. The van der Waals surface area contributed by atoms with Gasteiger partial charge in [-0.2, -0.15) is 0 Å². The van der Waals surface area contributed by atoms with E-state index in [1.807, 2.05) is 6.07 Å². The normalized spacial score (nSPS) is 25.6. The third kappa shape index (κ3) is 5.15. The quantitative estimate of drug-likeness (QED) is 0.363. The van der Waals surface area contributed by atoms with Crippen LogP contribution < -0.4 is 14.8 Å². The van der Waals surface area contributed by atoms with Gasteiger partial charge in [-0.05, 0) is 55.7 Å². The SMILES string of the molecule is CCNC(=NCC1(c2ccc3c(c2)OCO3)CCOCC1)N1CC(C)CC(C)C1.I. The number of likely N-dealkylation sites (tertiary alicyclic amines) is 1.